The van der Waals surface area contributed by atoms with Gasteiger partial charge in [-0.15, -0.1) is 0 Å². The van der Waals surface area contributed by atoms with Crippen LogP contribution in [0.2, 0.25) is 0 Å². The molecule has 0 saturated carbocycles. The summed E-state index contributed by atoms with van der Waals surface area (Å²) in [5.41, 5.74) is 2.42. The van der Waals surface area contributed by atoms with Crippen LogP contribution in [0.5, 0.6) is 0 Å². The standard InChI is InChI=1S/C12H15N3/c1-10-5-3-4-6-11(10)14-9-12-13-7-8-15(12)2/h3-8,14H,9H2,1-2H3. The third-order valence-corrected chi connectivity index (χ3v) is 2.50. The number of hydrogen-bond donors (Lipinski definition) is 1. The Morgan fingerprint density at radius 3 is 2.80 bits per heavy atom. The Morgan fingerprint density at radius 2 is 2.13 bits per heavy atom. The number of aryl methyl sites for hydroxylation is 2. The predicted octanol–water partition coefficient (Wildman–Crippen LogP) is 2.34. The van der Waals surface area contributed by atoms with E-state index >= 15 is 0 Å². The van der Waals surface area contributed by atoms with E-state index in [1.54, 1.807) is 0 Å². The zero-order valence-electron chi connectivity index (χ0n) is 9.07. The normalized spacial score (nSPS) is 10.3. The molecular weight excluding hydrogens is 186 g/mol. The minimum absolute atomic E-state index is 0.758. The number of para-hydroxylation sites is 1. The van der Waals surface area contributed by atoms with E-state index in [4.69, 9.17) is 0 Å². The van der Waals surface area contributed by atoms with Gasteiger partial charge in [0, 0.05) is 25.1 Å². The molecule has 0 unspecified atom stereocenters. The first-order chi connectivity index (χ1) is 7.27. The fraction of sp³-hybridized carbons (Fsp3) is 0.250. The first-order valence-electron chi connectivity index (χ1n) is 5.03. The Morgan fingerprint density at radius 1 is 1.33 bits per heavy atom. The maximum Gasteiger partial charge on any atom is 0.127 e. The van der Waals surface area contributed by atoms with Crippen LogP contribution in [-0.2, 0) is 13.6 Å². The lowest BCUT2D eigenvalue weighted by Gasteiger charge is -2.08. The average Bonchev–Trinajstić information content (AvgIpc) is 2.63. The molecule has 0 fully saturated rings. The highest BCUT2D eigenvalue weighted by Gasteiger charge is 1.99. The molecule has 3 nitrogen and oxygen atoms in total. The van der Waals surface area contributed by atoms with E-state index in [1.165, 1.54) is 11.3 Å². The van der Waals surface area contributed by atoms with Crippen molar-refractivity contribution in [1.29, 1.82) is 0 Å². The van der Waals surface area contributed by atoms with Crippen LogP contribution in [0.15, 0.2) is 36.7 Å². The molecule has 1 heterocycles. The molecule has 0 bridgehead atoms. The number of aromatic nitrogens is 2. The van der Waals surface area contributed by atoms with E-state index < -0.39 is 0 Å². The summed E-state index contributed by atoms with van der Waals surface area (Å²) < 4.78 is 2.02. The lowest BCUT2D eigenvalue weighted by Crippen LogP contribution is -2.06. The van der Waals surface area contributed by atoms with Gasteiger partial charge in [-0.1, -0.05) is 18.2 Å². The monoisotopic (exact) mass is 201 g/mol. The summed E-state index contributed by atoms with van der Waals surface area (Å²) in [5.74, 6) is 1.04. The van der Waals surface area contributed by atoms with E-state index in [0.717, 1.165) is 12.4 Å². The van der Waals surface area contributed by atoms with Gasteiger partial charge in [0.15, 0.2) is 0 Å². The highest BCUT2D eigenvalue weighted by atomic mass is 15.1. The Balaban J connectivity index is 2.06. The van der Waals surface area contributed by atoms with Crippen molar-refractivity contribution in [1.82, 2.24) is 9.55 Å². The van der Waals surface area contributed by atoms with Crippen LogP contribution in [0.25, 0.3) is 0 Å². The molecule has 2 aromatic rings. The van der Waals surface area contributed by atoms with Crippen molar-refractivity contribution in [2.24, 2.45) is 7.05 Å². The third kappa shape index (κ3) is 2.18. The topological polar surface area (TPSA) is 29.9 Å². The molecule has 78 valence electrons. The van der Waals surface area contributed by atoms with Gasteiger partial charge >= 0.3 is 0 Å². The molecule has 0 aliphatic rings. The second-order valence-electron chi connectivity index (χ2n) is 3.62. The van der Waals surface area contributed by atoms with Crippen molar-refractivity contribution in [3.63, 3.8) is 0 Å². The first-order valence-corrected chi connectivity index (χ1v) is 5.03. The van der Waals surface area contributed by atoms with Crippen molar-refractivity contribution < 1.29 is 0 Å². The van der Waals surface area contributed by atoms with Gasteiger partial charge in [-0.3, -0.25) is 0 Å². The first kappa shape index (κ1) is 9.77. The van der Waals surface area contributed by atoms with Crippen LogP contribution < -0.4 is 5.32 Å². The Kier molecular flexibility index (Phi) is 2.72. The van der Waals surface area contributed by atoms with Crippen LogP contribution in [-0.4, -0.2) is 9.55 Å². The molecule has 0 atom stereocenters. The van der Waals surface area contributed by atoms with E-state index in [1.807, 2.05) is 36.1 Å². The van der Waals surface area contributed by atoms with Gasteiger partial charge in [0.05, 0.1) is 6.54 Å². The van der Waals surface area contributed by atoms with Crippen LogP contribution in [0.3, 0.4) is 0 Å². The molecule has 1 aromatic heterocycles. The summed E-state index contributed by atoms with van der Waals surface area (Å²) in [6.07, 6.45) is 3.77. The Labute approximate surface area is 89.8 Å². The SMILES string of the molecule is Cc1ccccc1NCc1nccn1C. The summed E-state index contributed by atoms with van der Waals surface area (Å²) in [4.78, 5) is 4.26. The fourth-order valence-corrected chi connectivity index (χ4v) is 1.51. The lowest BCUT2D eigenvalue weighted by molar-refractivity contribution is 0.812. The number of imidazole rings is 1. The highest BCUT2D eigenvalue weighted by Crippen LogP contribution is 2.13. The maximum atomic E-state index is 4.26. The molecule has 0 spiro atoms. The number of nitrogens with zero attached hydrogens (tertiary/aromatic N) is 2. The number of anilines is 1. The highest BCUT2D eigenvalue weighted by molar-refractivity contribution is 5.50. The zero-order chi connectivity index (χ0) is 10.7. The fourth-order valence-electron chi connectivity index (χ4n) is 1.51. The van der Waals surface area contributed by atoms with Crippen LogP contribution >= 0.6 is 0 Å². The third-order valence-electron chi connectivity index (χ3n) is 2.50. The summed E-state index contributed by atoms with van der Waals surface area (Å²) in [7, 11) is 2.00. The van der Waals surface area contributed by atoms with Gasteiger partial charge in [0.1, 0.15) is 5.82 Å². The number of nitrogens with one attached hydrogen (secondary N) is 1. The number of benzene rings is 1. The van der Waals surface area contributed by atoms with Gasteiger partial charge in [0.2, 0.25) is 0 Å². The van der Waals surface area contributed by atoms with Gasteiger partial charge < -0.3 is 9.88 Å². The van der Waals surface area contributed by atoms with Crippen molar-refractivity contribution in [2.75, 3.05) is 5.32 Å². The second-order valence-corrected chi connectivity index (χ2v) is 3.62. The van der Waals surface area contributed by atoms with Gasteiger partial charge in [0.25, 0.3) is 0 Å². The van der Waals surface area contributed by atoms with Crippen LogP contribution in [0, 0.1) is 6.92 Å². The average molecular weight is 201 g/mol. The molecule has 15 heavy (non-hydrogen) atoms. The molecular formula is C12H15N3. The summed E-state index contributed by atoms with van der Waals surface area (Å²) in [6.45, 7) is 2.86. The van der Waals surface area contributed by atoms with Gasteiger partial charge in [-0.05, 0) is 18.6 Å². The molecule has 3 heteroatoms. The molecule has 0 aliphatic heterocycles. The molecule has 0 saturated heterocycles. The van der Waals surface area contributed by atoms with Crippen molar-refractivity contribution >= 4 is 5.69 Å². The van der Waals surface area contributed by atoms with Crippen molar-refractivity contribution in [2.45, 2.75) is 13.5 Å². The molecule has 0 aliphatic carbocycles. The molecule has 0 radical (unpaired) electrons. The maximum absolute atomic E-state index is 4.26. The number of hydrogen-bond acceptors (Lipinski definition) is 2. The van der Waals surface area contributed by atoms with E-state index in [2.05, 4.69) is 29.4 Å². The Bertz CT molecular complexity index is 446. The summed E-state index contributed by atoms with van der Waals surface area (Å²) in [5, 5.41) is 3.37. The summed E-state index contributed by atoms with van der Waals surface area (Å²) >= 11 is 0. The predicted molar refractivity (Wildman–Crippen MR) is 61.7 cm³/mol. The largest absolute Gasteiger partial charge is 0.378 e. The number of rotatable bonds is 3. The smallest absolute Gasteiger partial charge is 0.127 e. The van der Waals surface area contributed by atoms with E-state index in [9.17, 15) is 0 Å². The second kappa shape index (κ2) is 4.17. The van der Waals surface area contributed by atoms with Gasteiger partial charge in [-0.25, -0.2) is 4.98 Å². The quantitative estimate of drug-likeness (QED) is 0.826. The minimum Gasteiger partial charge on any atom is -0.378 e. The van der Waals surface area contributed by atoms with E-state index in [0.29, 0.717) is 0 Å². The summed E-state index contributed by atoms with van der Waals surface area (Å²) in [6, 6.07) is 8.26. The minimum atomic E-state index is 0.758. The molecule has 0 amide bonds. The Hall–Kier alpha value is -1.77. The molecule has 1 N–H and O–H groups in total. The molecule has 2 rings (SSSR count). The van der Waals surface area contributed by atoms with E-state index in [-0.39, 0.29) is 0 Å². The zero-order valence-corrected chi connectivity index (χ0v) is 9.07. The van der Waals surface area contributed by atoms with Crippen molar-refractivity contribution in [3.8, 4) is 0 Å². The van der Waals surface area contributed by atoms with Gasteiger partial charge in [-0.2, -0.15) is 0 Å². The van der Waals surface area contributed by atoms with Crippen LogP contribution in [0.4, 0.5) is 5.69 Å². The van der Waals surface area contributed by atoms with Crippen molar-refractivity contribution in [3.05, 3.63) is 48.0 Å². The molecule has 1 aromatic carbocycles. The lowest BCUT2D eigenvalue weighted by atomic mass is 10.2. The van der Waals surface area contributed by atoms with Crippen LogP contribution in [0.1, 0.15) is 11.4 Å².